The highest BCUT2D eigenvalue weighted by molar-refractivity contribution is 9.45. The summed E-state index contributed by atoms with van der Waals surface area (Å²) in [6.45, 7) is -1.33. The number of hydrogen-bond acceptors (Lipinski definition) is 1. The molecule has 0 saturated carbocycles. The van der Waals surface area contributed by atoms with Crippen molar-refractivity contribution in [1.29, 1.82) is 0 Å². The van der Waals surface area contributed by atoms with Gasteiger partial charge in [-0.2, -0.15) is 0 Å². The van der Waals surface area contributed by atoms with Crippen LogP contribution in [0, 0.1) is 0 Å². The van der Waals surface area contributed by atoms with Crippen LogP contribution in [0.4, 0.5) is 0 Å². The molecule has 0 amide bonds. The van der Waals surface area contributed by atoms with Gasteiger partial charge in [0.05, 0.1) is 0 Å². The topological polar surface area (TPSA) is 0 Å². The van der Waals surface area contributed by atoms with E-state index in [-0.39, 0.29) is 112 Å². The Morgan fingerprint density at radius 2 is 0.639 bits per heavy atom. The maximum absolute atomic E-state index is 6.33. The molecule has 0 fully saturated rings. The van der Waals surface area contributed by atoms with Gasteiger partial charge < -0.3 is 0 Å². The molecule has 0 nitrogen and oxygen atoms in total. The SMILES string of the molecule is PPP(P(P)P)P(P(P)P)P(P(P=S)P(P(P(P)P)P(P)P)P(P(P)P)P(P)P)P(P(P)P)P(P)P. The van der Waals surface area contributed by atoms with E-state index in [1.54, 1.807) is 0 Å². The van der Waals surface area contributed by atoms with Crippen molar-refractivity contribution in [2.75, 3.05) is 0 Å². The van der Waals surface area contributed by atoms with Crippen molar-refractivity contribution >= 4 is 290 Å². The molecular weight excluding hydrogens is 1120 g/mol. The molecule has 22 unspecified atom stereocenters. The lowest BCUT2D eigenvalue weighted by molar-refractivity contribution is 4.42. The Labute approximate surface area is 286 Å². The molecule has 0 spiro atoms. The van der Waals surface area contributed by atoms with Crippen molar-refractivity contribution in [3.8, 4) is 0 Å². The normalized spacial score (nSPS) is 17.6. The van der Waals surface area contributed by atoms with Gasteiger partial charge in [0.2, 0.25) is 0 Å². The van der Waals surface area contributed by atoms with E-state index in [4.69, 9.17) is 11.8 Å². The van der Waals surface area contributed by atoms with Crippen LogP contribution in [-0.4, -0.2) is 0 Å². The second kappa shape index (κ2) is 28.5. The molecule has 36 heteroatoms. The Hall–Kier alpha value is 15.1. The van der Waals surface area contributed by atoms with Gasteiger partial charge in [-0.1, -0.05) is 19.8 Å². The van der Waals surface area contributed by atoms with Crippen molar-refractivity contribution < 1.29 is 0 Å². The van der Waals surface area contributed by atoms with E-state index < -0.39 is 0 Å². The van der Waals surface area contributed by atoms with Crippen molar-refractivity contribution in [2.45, 2.75) is 0 Å². The first kappa shape index (κ1) is 51.1. The summed E-state index contributed by atoms with van der Waals surface area (Å²) >= 11 is 6.33. The molecule has 0 rings (SSSR count). The Balaban J connectivity index is 7.58. The zero-order valence-corrected chi connectivity index (χ0v) is 55.0. The van der Waals surface area contributed by atoms with Crippen LogP contribution in [0.5, 0.6) is 0 Å². The van der Waals surface area contributed by atoms with Crippen molar-refractivity contribution in [1.82, 2.24) is 0 Å². The Kier molecular flexibility index (Phi) is 40.5. The maximum Gasteiger partial charge on any atom is 0.0292 e. The number of rotatable bonds is 17. The highest BCUT2D eigenvalue weighted by Gasteiger charge is 2.51. The van der Waals surface area contributed by atoms with Crippen LogP contribution >= 0.6 is 279 Å². The number of hydrogen-bond donors (Lipinski definition) is 0. The quantitative estimate of drug-likeness (QED) is 0.131. The minimum atomic E-state index is -0.171. The molecule has 0 aromatic rings. The van der Waals surface area contributed by atoms with Gasteiger partial charge in [0.15, 0.2) is 0 Å². The fourth-order valence-electron chi connectivity index (χ4n) is 1.95. The van der Waals surface area contributed by atoms with E-state index in [1.807, 2.05) is 0 Å². The van der Waals surface area contributed by atoms with Crippen LogP contribution in [0.3, 0.4) is 0 Å². The third-order valence-corrected chi connectivity index (χ3v) is 242. The largest absolute Gasteiger partial charge is 0.109 e. The monoisotopic (exact) mass is 1150 g/mol. The Bertz CT molecular complexity index is 537. The first-order valence-corrected chi connectivity index (χ1v) is 72.2. The molecular formula is H35P35S. The summed E-state index contributed by atoms with van der Waals surface area (Å²) in [6.07, 6.45) is 0. The van der Waals surface area contributed by atoms with Gasteiger partial charge in [-0.3, -0.25) is 0 Å². The van der Waals surface area contributed by atoms with E-state index in [1.165, 1.54) is 7.04 Å². The lowest BCUT2D eigenvalue weighted by atomic mass is 28.5. The Morgan fingerprint density at radius 3 is 0.806 bits per heavy atom. The molecule has 0 heterocycles. The van der Waals surface area contributed by atoms with Gasteiger partial charge in [0, 0.05) is 28.0 Å². The van der Waals surface area contributed by atoms with E-state index in [9.17, 15) is 0 Å². The van der Waals surface area contributed by atoms with Crippen molar-refractivity contribution in [3.63, 3.8) is 0 Å². The van der Waals surface area contributed by atoms with E-state index in [0.717, 1.165) is 7.96 Å². The zero-order chi connectivity index (χ0) is 28.7. The second-order valence-electron chi connectivity index (χ2n) is 5.42. The molecule has 0 aliphatic rings. The summed E-state index contributed by atoms with van der Waals surface area (Å²) in [5.41, 5.74) is 0. The summed E-state index contributed by atoms with van der Waals surface area (Å²) in [5, 5.41) is 0. The maximum atomic E-state index is 6.33. The molecule has 22 atom stereocenters. The minimum absolute atomic E-state index is 0.0212. The lowest BCUT2D eigenvalue weighted by Gasteiger charge is -2.51. The second-order valence-corrected chi connectivity index (χ2v) is 146. The molecule has 0 aromatic carbocycles. The van der Waals surface area contributed by atoms with Crippen LogP contribution in [0.25, 0.3) is 0 Å². The summed E-state index contributed by atoms with van der Waals surface area (Å²) in [6, 6.07) is 0. The van der Waals surface area contributed by atoms with Gasteiger partial charge in [-0.25, -0.2) is 0 Å². The van der Waals surface area contributed by atoms with E-state index in [2.05, 4.69) is 152 Å². The predicted molar refractivity (Wildman–Crippen MR) is 298 cm³/mol. The van der Waals surface area contributed by atoms with Gasteiger partial charge in [0.1, 0.15) is 0 Å². The third kappa shape index (κ3) is 18.2. The van der Waals surface area contributed by atoms with Crippen LogP contribution in [0.2, 0.25) is 0 Å². The predicted octanol–water partition coefficient (Wildman–Crippen LogP) is 20.8. The first-order valence-electron chi connectivity index (χ1n) is 8.03. The highest BCUT2D eigenvalue weighted by Crippen LogP contribution is 3.38. The third-order valence-electron chi connectivity index (χ3n) is 2.98. The zero-order valence-electron chi connectivity index (χ0n) is 18.3. The standard InChI is InChI=1S/H35P35S/c1-18-28(20(2)3)33(27(16)17)35(32(25(12)13)26(14)15)29(19-36)34(30(21(4)5)22(6)7)31(23(8)9)24(10)11/h18H,1-17H2. The molecule has 0 aliphatic heterocycles. The van der Waals surface area contributed by atoms with Crippen LogP contribution in [0.1, 0.15) is 0 Å². The van der Waals surface area contributed by atoms with E-state index in [0.29, 0.717) is 0 Å². The van der Waals surface area contributed by atoms with E-state index >= 15 is 0 Å². The van der Waals surface area contributed by atoms with Gasteiger partial charge in [0.25, 0.3) is 0 Å². The molecule has 0 aliphatic carbocycles. The molecule has 0 saturated heterocycles. The average molecular weight is 1150 g/mol. The fourth-order valence-corrected chi connectivity index (χ4v) is 475. The van der Waals surface area contributed by atoms with Crippen LogP contribution in [0.15, 0.2) is 0 Å². The lowest BCUT2D eigenvalue weighted by Crippen LogP contribution is -1.64. The molecule has 216 valence electrons. The van der Waals surface area contributed by atoms with Gasteiger partial charge in [-0.15, -0.1) is 152 Å². The molecule has 0 radical (unpaired) electrons. The Morgan fingerprint density at radius 1 is 0.389 bits per heavy atom. The highest BCUT2D eigenvalue weighted by atomic mass is 33.5. The van der Waals surface area contributed by atoms with Crippen LogP contribution < -0.4 is 0 Å². The fraction of sp³-hybridized carbons (Fsp3) is 0. The average Bonchev–Trinajstić information content (AvgIpc) is 2.69. The first-order chi connectivity index (χ1) is 16.5. The summed E-state index contributed by atoms with van der Waals surface area (Å²) in [4.78, 5) is 0. The molecule has 0 N–H and O–H groups in total. The molecule has 36 heavy (non-hydrogen) atoms. The van der Waals surface area contributed by atoms with Crippen molar-refractivity contribution in [3.05, 3.63) is 0 Å². The summed E-state index contributed by atoms with van der Waals surface area (Å²) < 4.78 is 0. The van der Waals surface area contributed by atoms with Crippen molar-refractivity contribution in [2.24, 2.45) is 0 Å². The molecule has 0 bridgehead atoms. The van der Waals surface area contributed by atoms with Gasteiger partial charge >= 0.3 is 0 Å². The summed E-state index contributed by atoms with van der Waals surface area (Å²) in [7, 11) is 58.5. The minimum Gasteiger partial charge on any atom is -0.109 e. The van der Waals surface area contributed by atoms with Crippen LogP contribution in [-0.2, 0) is 11.8 Å². The van der Waals surface area contributed by atoms with Gasteiger partial charge in [-0.05, 0) is 90.8 Å². The molecule has 0 aromatic heterocycles. The summed E-state index contributed by atoms with van der Waals surface area (Å²) in [5.74, 6) is 0. The smallest absolute Gasteiger partial charge is 0.0292 e.